The van der Waals surface area contributed by atoms with Crippen LogP contribution in [0.2, 0.25) is 0 Å². The van der Waals surface area contributed by atoms with E-state index in [0.29, 0.717) is 13.1 Å². The molecule has 1 atom stereocenters. The van der Waals surface area contributed by atoms with E-state index in [4.69, 9.17) is 9.84 Å². The van der Waals surface area contributed by atoms with E-state index in [0.717, 1.165) is 32.4 Å². The number of nitrogens with zero attached hydrogens (tertiary/aromatic N) is 1. The number of hydrogen-bond donors (Lipinski definition) is 2. The van der Waals surface area contributed by atoms with E-state index in [1.54, 1.807) is 0 Å². The molecule has 2 fully saturated rings. The third-order valence-corrected chi connectivity index (χ3v) is 4.49. The monoisotopic (exact) mass is 290 g/mol. The molecule has 2 aliphatic heterocycles. The SMILES string of the molecule is O=C(O)N1CCC2(CC1)CNCC(Cc1ccccc1)O2. The van der Waals surface area contributed by atoms with E-state index >= 15 is 0 Å². The zero-order valence-electron chi connectivity index (χ0n) is 12.1. The lowest BCUT2D eigenvalue weighted by molar-refractivity contribution is -0.138. The summed E-state index contributed by atoms with van der Waals surface area (Å²) in [5, 5.41) is 12.5. The van der Waals surface area contributed by atoms with Crippen molar-refractivity contribution in [1.82, 2.24) is 10.2 Å². The molecular weight excluding hydrogens is 268 g/mol. The zero-order valence-corrected chi connectivity index (χ0v) is 12.1. The van der Waals surface area contributed by atoms with Gasteiger partial charge >= 0.3 is 6.09 Å². The van der Waals surface area contributed by atoms with E-state index in [-0.39, 0.29) is 11.7 Å². The lowest BCUT2D eigenvalue weighted by Gasteiger charge is -2.46. The number of carboxylic acid groups (broad SMARTS) is 1. The molecule has 0 aromatic heterocycles. The number of morpholine rings is 1. The summed E-state index contributed by atoms with van der Waals surface area (Å²) in [7, 11) is 0. The van der Waals surface area contributed by atoms with Crippen molar-refractivity contribution in [1.29, 1.82) is 0 Å². The Balaban J connectivity index is 1.60. The van der Waals surface area contributed by atoms with Crippen LogP contribution in [-0.4, -0.2) is 54.0 Å². The van der Waals surface area contributed by atoms with E-state index < -0.39 is 6.09 Å². The van der Waals surface area contributed by atoms with Crippen molar-refractivity contribution in [3.63, 3.8) is 0 Å². The van der Waals surface area contributed by atoms with E-state index in [1.165, 1.54) is 10.5 Å². The van der Waals surface area contributed by atoms with Gasteiger partial charge in [0.25, 0.3) is 0 Å². The van der Waals surface area contributed by atoms with Crippen LogP contribution in [0.15, 0.2) is 30.3 Å². The number of carbonyl (C=O) groups is 1. The van der Waals surface area contributed by atoms with Crippen LogP contribution in [0.4, 0.5) is 4.79 Å². The van der Waals surface area contributed by atoms with E-state index in [9.17, 15) is 4.79 Å². The van der Waals surface area contributed by atoms with Crippen LogP contribution in [-0.2, 0) is 11.2 Å². The van der Waals surface area contributed by atoms with Gasteiger partial charge < -0.3 is 20.1 Å². The van der Waals surface area contributed by atoms with Gasteiger partial charge in [0.1, 0.15) is 0 Å². The highest BCUT2D eigenvalue weighted by Gasteiger charge is 2.40. The minimum atomic E-state index is -0.825. The van der Waals surface area contributed by atoms with Gasteiger partial charge in [0.15, 0.2) is 0 Å². The summed E-state index contributed by atoms with van der Waals surface area (Å²) in [5.74, 6) is 0. The Morgan fingerprint density at radius 3 is 2.71 bits per heavy atom. The van der Waals surface area contributed by atoms with Gasteiger partial charge in [0.2, 0.25) is 0 Å². The molecule has 1 amide bonds. The predicted molar refractivity (Wildman–Crippen MR) is 79.5 cm³/mol. The van der Waals surface area contributed by atoms with Crippen LogP contribution in [0.25, 0.3) is 0 Å². The third kappa shape index (κ3) is 3.36. The fourth-order valence-corrected chi connectivity index (χ4v) is 3.29. The maximum absolute atomic E-state index is 11.0. The first-order chi connectivity index (χ1) is 10.2. The molecule has 114 valence electrons. The van der Waals surface area contributed by atoms with Crippen molar-refractivity contribution < 1.29 is 14.6 Å². The molecule has 2 N–H and O–H groups in total. The number of hydrogen-bond acceptors (Lipinski definition) is 3. The molecule has 2 heterocycles. The molecule has 0 saturated carbocycles. The van der Waals surface area contributed by atoms with Crippen LogP contribution in [0.3, 0.4) is 0 Å². The third-order valence-electron chi connectivity index (χ3n) is 4.49. The van der Waals surface area contributed by atoms with Crippen LogP contribution in [0, 0.1) is 0 Å². The Morgan fingerprint density at radius 1 is 1.33 bits per heavy atom. The Labute approximate surface area is 124 Å². The molecule has 1 aromatic carbocycles. The highest BCUT2D eigenvalue weighted by atomic mass is 16.5. The van der Waals surface area contributed by atoms with Gasteiger partial charge in [-0.15, -0.1) is 0 Å². The molecule has 0 bridgehead atoms. The maximum Gasteiger partial charge on any atom is 0.407 e. The van der Waals surface area contributed by atoms with Gasteiger partial charge in [-0.3, -0.25) is 0 Å². The number of rotatable bonds is 2. The van der Waals surface area contributed by atoms with E-state index in [1.807, 2.05) is 18.2 Å². The molecule has 5 nitrogen and oxygen atoms in total. The zero-order chi connectivity index (χ0) is 14.7. The first kappa shape index (κ1) is 14.4. The normalized spacial score (nSPS) is 25.0. The minimum Gasteiger partial charge on any atom is -0.465 e. The maximum atomic E-state index is 11.0. The topological polar surface area (TPSA) is 61.8 Å². The number of nitrogens with one attached hydrogen (secondary N) is 1. The fraction of sp³-hybridized carbons (Fsp3) is 0.562. The van der Waals surface area contributed by atoms with E-state index in [2.05, 4.69) is 17.4 Å². The smallest absolute Gasteiger partial charge is 0.407 e. The molecule has 1 aromatic rings. The average Bonchev–Trinajstić information content (AvgIpc) is 2.49. The summed E-state index contributed by atoms with van der Waals surface area (Å²) in [4.78, 5) is 12.5. The summed E-state index contributed by atoms with van der Waals surface area (Å²) in [6, 6.07) is 10.4. The van der Waals surface area contributed by atoms with Crippen molar-refractivity contribution in [2.45, 2.75) is 31.0 Å². The second-order valence-corrected chi connectivity index (χ2v) is 6.01. The molecule has 2 aliphatic rings. The highest BCUT2D eigenvalue weighted by molar-refractivity contribution is 5.65. The van der Waals surface area contributed by atoms with Crippen LogP contribution < -0.4 is 5.32 Å². The average molecular weight is 290 g/mol. The Morgan fingerprint density at radius 2 is 2.05 bits per heavy atom. The summed E-state index contributed by atoms with van der Waals surface area (Å²) in [5.41, 5.74) is 1.09. The highest BCUT2D eigenvalue weighted by Crippen LogP contribution is 2.30. The number of benzene rings is 1. The second kappa shape index (κ2) is 6.03. The molecule has 21 heavy (non-hydrogen) atoms. The lowest BCUT2D eigenvalue weighted by Crippen LogP contribution is -2.59. The quantitative estimate of drug-likeness (QED) is 0.871. The van der Waals surface area contributed by atoms with Crippen molar-refractivity contribution >= 4 is 6.09 Å². The van der Waals surface area contributed by atoms with Crippen molar-refractivity contribution in [3.05, 3.63) is 35.9 Å². The fourth-order valence-electron chi connectivity index (χ4n) is 3.29. The molecule has 1 unspecified atom stereocenters. The van der Waals surface area contributed by atoms with Gasteiger partial charge in [-0.05, 0) is 24.8 Å². The van der Waals surface area contributed by atoms with Gasteiger partial charge in [-0.1, -0.05) is 30.3 Å². The van der Waals surface area contributed by atoms with Crippen LogP contribution in [0.1, 0.15) is 18.4 Å². The summed E-state index contributed by atoms with van der Waals surface area (Å²) < 4.78 is 6.36. The minimum absolute atomic E-state index is 0.164. The number of piperidine rings is 1. The van der Waals surface area contributed by atoms with Gasteiger partial charge in [0, 0.05) is 26.2 Å². The standard InChI is InChI=1S/C16H22N2O3/c19-15(20)18-8-6-16(7-9-18)12-17-11-14(21-16)10-13-4-2-1-3-5-13/h1-5,14,17H,6-12H2,(H,19,20). The second-order valence-electron chi connectivity index (χ2n) is 6.01. The van der Waals surface area contributed by atoms with Gasteiger partial charge in [-0.2, -0.15) is 0 Å². The predicted octanol–water partition coefficient (Wildman–Crippen LogP) is 1.73. The molecule has 1 spiro atoms. The molecule has 2 saturated heterocycles. The van der Waals surface area contributed by atoms with Crippen molar-refractivity contribution in [2.24, 2.45) is 0 Å². The Bertz CT molecular complexity index is 484. The summed E-state index contributed by atoms with van der Waals surface area (Å²) >= 11 is 0. The molecular formula is C16H22N2O3. The number of ether oxygens (including phenoxy) is 1. The largest absolute Gasteiger partial charge is 0.465 e. The van der Waals surface area contributed by atoms with Crippen LogP contribution in [0.5, 0.6) is 0 Å². The Kier molecular flexibility index (Phi) is 4.12. The molecule has 5 heteroatoms. The van der Waals surface area contributed by atoms with Crippen molar-refractivity contribution in [2.75, 3.05) is 26.2 Å². The first-order valence-corrected chi connectivity index (χ1v) is 7.57. The lowest BCUT2D eigenvalue weighted by atomic mass is 9.89. The molecule has 0 aliphatic carbocycles. The van der Waals surface area contributed by atoms with Gasteiger partial charge in [0.05, 0.1) is 11.7 Å². The van der Waals surface area contributed by atoms with Crippen LogP contribution >= 0.6 is 0 Å². The first-order valence-electron chi connectivity index (χ1n) is 7.57. The molecule has 0 radical (unpaired) electrons. The Hall–Kier alpha value is -1.59. The summed E-state index contributed by atoms with van der Waals surface area (Å²) in [6.45, 7) is 2.81. The van der Waals surface area contributed by atoms with Gasteiger partial charge in [-0.25, -0.2) is 4.79 Å². The van der Waals surface area contributed by atoms with Crippen molar-refractivity contribution in [3.8, 4) is 0 Å². The molecule has 3 rings (SSSR count). The number of likely N-dealkylation sites (tertiary alicyclic amines) is 1. The number of amides is 1. The summed E-state index contributed by atoms with van der Waals surface area (Å²) in [6.07, 6.45) is 1.79.